The molecule has 3 rings (SSSR count). The molecule has 2 aliphatic heterocycles. The zero-order valence-corrected chi connectivity index (χ0v) is 13.5. The fourth-order valence-electron chi connectivity index (χ4n) is 3.32. The number of nitrogens with one attached hydrogen (secondary N) is 1. The molecule has 1 saturated heterocycles. The highest BCUT2D eigenvalue weighted by atomic mass is 32.2. The second-order valence-electron chi connectivity index (χ2n) is 6.10. The molecule has 0 unspecified atom stereocenters. The topological polar surface area (TPSA) is 49.4 Å². The molecular weight excluding hydrogens is 284 g/mol. The summed E-state index contributed by atoms with van der Waals surface area (Å²) in [6, 6.07) is 5.53. The van der Waals surface area contributed by atoms with E-state index in [1.54, 1.807) is 10.4 Å². The third-order valence-corrected chi connectivity index (χ3v) is 6.70. The van der Waals surface area contributed by atoms with Crippen LogP contribution >= 0.6 is 0 Å². The van der Waals surface area contributed by atoms with E-state index in [-0.39, 0.29) is 0 Å². The summed E-state index contributed by atoms with van der Waals surface area (Å²) in [4.78, 5) is 0.458. The lowest BCUT2D eigenvalue weighted by atomic mass is 9.96. The molecule has 1 aromatic carbocycles. The fourth-order valence-corrected chi connectivity index (χ4v) is 4.84. The number of hydrogen-bond donors (Lipinski definition) is 1. The highest BCUT2D eigenvalue weighted by Crippen LogP contribution is 2.29. The highest BCUT2D eigenvalue weighted by molar-refractivity contribution is 7.89. The summed E-state index contributed by atoms with van der Waals surface area (Å²) in [5.74, 6) is 0.684. The van der Waals surface area contributed by atoms with Gasteiger partial charge in [-0.25, -0.2) is 8.42 Å². The van der Waals surface area contributed by atoms with Crippen LogP contribution in [0.4, 0.5) is 5.69 Å². The number of fused-ring (bicyclic) bond motifs is 1. The van der Waals surface area contributed by atoms with E-state index < -0.39 is 10.0 Å². The van der Waals surface area contributed by atoms with Crippen LogP contribution in [-0.2, 0) is 16.4 Å². The monoisotopic (exact) mass is 308 g/mol. The molecule has 5 heteroatoms. The number of anilines is 1. The summed E-state index contributed by atoms with van der Waals surface area (Å²) in [5, 5.41) is 3.33. The summed E-state index contributed by atoms with van der Waals surface area (Å²) < 4.78 is 27.2. The molecule has 2 aliphatic rings. The molecule has 0 aliphatic carbocycles. The van der Waals surface area contributed by atoms with E-state index in [0.29, 0.717) is 23.9 Å². The quantitative estimate of drug-likeness (QED) is 0.934. The average Bonchev–Trinajstić information content (AvgIpc) is 2.54. The molecule has 0 radical (unpaired) electrons. The Morgan fingerprint density at radius 1 is 1.29 bits per heavy atom. The van der Waals surface area contributed by atoms with Gasteiger partial charge in [0.1, 0.15) is 0 Å². The van der Waals surface area contributed by atoms with Crippen LogP contribution in [0.15, 0.2) is 23.1 Å². The van der Waals surface area contributed by atoms with Gasteiger partial charge in [-0.15, -0.1) is 0 Å². The first-order valence-electron chi connectivity index (χ1n) is 7.98. The van der Waals surface area contributed by atoms with Gasteiger partial charge in [0.05, 0.1) is 4.90 Å². The fraction of sp³-hybridized carbons (Fsp3) is 0.625. The van der Waals surface area contributed by atoms with Gasteiger partial charge in [-0.3, -0.25) is 0 Å². The van der Waals surface area contributed by atoms with Crippen molar-refractivity contribution in [3.8, 4) is 0 Å². The molecule has 1 fully saturated rings. The molecule has 116 valence electrons. The summed E-state index contributed by atoms with van der Waals surface area (Å²) in [6.07, 6.45) is 5.16. The van der Waals surface area contributed by atoms with Crippen LogP contribution < -0.4 is 5.32 Å². The Balaban J connectivity index is 1.82. The van der Waals surface area contributed by atoms with Gasteiger partial charge in [-0.2, -0.15) is 4.31 Å². The number of nitrogens with zero attached hydrogens (tertiary/aromatic N) is 1. The summed E-state index contributed by atoms with van der Waals surface area (Å²) in [7, 11) is -3.32. The maximum atomic E-state index is 12.8. The molecule has 0 amide bonds. The van der Waals surface area contributed by atoms with Gasteiger partial charge in [0.25, 0.3) is 0 Å². The normalized spacial score (nSPS) is 20.8. The smallest absolute Gasteiger partial charge is 0.243 e. The van der Waals surface area contributed by atoms with E-state index in [2.05, 4.69) is 12.2 Å². The van der Waals surface area contributed by atoms with Crippen LogP contribution in [-0.4, -0.2) is 32.4 Å². The van der Waals surface area contributed by atoms with E-state index in [1.807, 2.05) is 12.1 Å². The zero-order chi connectivity index (χ0) is 14.9. The largest absolute Gasteiger partial charge is 0.385 e. The molecular formula is C16H24N2O2S. The minimum absolute atomic E-state index is 0.458. The Morgan fingerprint density at radius 2 is 2.05 bits per heavy atom. The molecule has 0 saturated carbocycles. The lowest BCUT2D eigenvalue weighted by molar-refractivity contribution is 0.269. The number of benzene rings is 1. The predicted molar refractivity (Wildman–Crippen MR) is 85.0 cm³/mol. The number of sulfonamides is 1. The molecule has 0 aromatic heterocycles. The van der Waals surface area contributed by atoms with Crippen LogP contribution in [0.2, 0.25) is 0 Å². The number of piperidine rings is 1. The highest BCUT2D eigenvalue weighted by Gasteiger charge is 2.29. The lowest BCUT2D eigenvalue weighted by Crippen LogP contribution is -2.38. The summed E-state index contributed by atoms with van der Waals surface area (Å²) in [5.41, 5.74) is 2.22. The van der Waals surface area contributed by atoms with Crippen LogP contribution in [0.5, 0.6) is 0 Å². The molecule has 0 spiro atoms. The molecule has 0 atom stereocenters. The van der Waals surface area contributed by atoms with Crippen LogP contribution in [0.1, 0.15) is 38.2 Å². The molecule has 1 N–H and O–H groups in total. The van der Waals surface area contributed by atoms with E-state index in [9.17, 15) is 8.42 Å². The first-order valence-corrected chi connectivity index (χ1v) is 9.42. The molecule has 0 bridgehead atoms. The van der Waals surface area contributed by atoms with Crippen LogP contribution in [0, 0.1) is 5.92 Å². The summed E-state index contributed by atoms with van der Waals surface area (Å²) in [6.45, 7) is 4.49. The first-order chi connectivity index (χ1) is 10.1. The van der Waals surface area contributed by atoms with Crippen molar-refractivity contribution in [1.82, 2.24) is 4.31 Å². The third kappa shape index (κ3) is 2.94. The van der Waals surface area contributed by atoms with Crippen molar-refractivity contribution in [2.45, 2.75) is 43.9 Å². The van der Waals surface area contributed by atoms with Crippen molar-refractivity contribution in [2.24, 2.45) is 5.92 Å². The Kier molecular flexibility index (Phi) is 4.22. The SMILES string of the molecule is CCC1CCN(S(=O)(=O)c2ccc3c(c2)CCCN3)CC1. The Morgan fingerprint density at radius 3 is 2.76 bits per heavy atom. The van der Waals surface area contributed by atoms with Gasteiger partial charge in [-0.05, 0) is 55.4 Å². The Bertz CT molecular complexity index is 605. The van der Waals surface area contributed by atoms with Gasteiger partial charge in [0.15, 0.2) is 0 Å². The minimum atomic E-state index is -3.32. The first kappa shape index (κ1) is 14.9. The van der Waals surface area contributed by atoms with Crippen molar-refractivity contribution in [1.29, 1.82) is 0 Å². The Hall–Kier alpha value is -1.07. The van der Waals surface area contributed by atoms with E-state index >= 15 is 0 Å². The third-order valence-electron chi connectivity index (χ3n) is 4.80. The van der Waals surface area contributed by atoms with E-state index in [0.717, 1.165) is 49.9 Å². The zero-order valence-electron chi connectivity index (χ0n) is 12.6. The lowest BCUT2D eigenvalue weighted by Gasteiger charge is -2.31. The van der Waals surface area contributed by atoms with Crippen molar-refractivity contribution in [3.05, 3.63) is 23.8 Å². The maximum absolute atomic E-state index is 12.8. The van der Waals surface area contributed by atoms with Gasteiger partial charge in [0, 0.05) is 25.3 Å². The van der Waals surface area contributed by atoms with Crippen LogP contribution in [0.3, 0.4) is 0 Å². The molecule has 21 heavy (non-hydrogen) atoms. The average molecular weight is 308 g/mol. The predicted octanol–water partition coefficient (Wildman–Crippen LogP) is 2.86. The second-order valence-corrected chi connectivity index (χ2v) is 8.04. The van der Waals surface area contributed by atoms with Gasteiger partial charge < -0.3 is 5.32 Å². The maximum Gasteiger partial charge on any atom is 0.243 e. The van der Waals surface area contributed by atoms with Crippen molar-refractivity contribution < 1.29 is 8.42 Å². The number of hydrogen-bond acceptors (Lipinski definition) is 3. The van der Waals surface area contributed by atoms with Gasteiger partial charge >= 0.3 is 0 Å². The molecule has 2 heterocycles. The van der Waals surface area contributed by atoms with Crippen molar-refractivity contribution >= 4 is 15.7 Å². The number of rotatable bonds is 3. The van der Waals surface area contributed by atoms with Crippen LogP contribution in [0.25, 0.3) is 0 Å². The standard InChI is InChI=1S/C16H24N2O2S/c1-2-13-7-10-18(11-8-13)21(19,20)15-5-6-16-14(12-15)4-3-9-17-16/h5-6,12-13,17H,2-4,7-11H2,1H3. The molecule has 1 aromatic rings. The van der Waals surface area contributed by atoms with E-state index in [1.165, 1.54) is 0 Å². The summed E-state index contributed by atoms with van der Waals surface area (Å²) >= 11 is 0. The molecule has 4 nitrogen and oxygen atoms in total. The Labute approximate surface area is 127 Å². The number of aryl methyl sites for hydroxylation is 1. The van der Waals surface area contributed by atoms with Gasteiger partial charge in [0.2, 0.25) is 10.0 Å². The van der Waals surface area contributed by atoms with E-state index in [4.69, 9.17) is 0 Å². The van der Waals surface area contributed by atoms with Crippen molar-refractivity contribution in [3.63, 3.8) is 0 Å². The second kappa shape index (κ2) is 5.97. The van der Waals surface area contributed by atoms with Gasteiger partial charge in [-0.1, -0.05) is 13.3 Å². The minimum Gasteiger partial charge on any atom is -0.385 e. The van der Waals surface area contributed by atoms with Crippen molar-refractivity contribution in [2.75, 3.05) is 25.0 Å².